The van der Waals surface area contributed by atoms with E-state index in [9.17, 15) is 9.90 Å². The molecule has 0 radical (unpaired) electrons. The molecule has 1 aromatic carbocycles. The van der Waals surface area contributed by atoms with E-state index < -0.39 is 12.1 Å². The fourth-order valence-electron chi connectivity index (χ4n) is 2.67. The highest BCUT2D eigenvalue weighted by atomic mass is 16.6. The van der Waals surface area contributed by atoms with Gasteiger partial charge < -0.3 is 14.6 Å². The molecule has 0 aliphatic heterocycles. The Bertz CT molecular complexity index is 498. The molecule has 0 aliphatic rings. The topological polar surface area (TPSA) is 59.0 Å². The number of aliphatic hydroxyl groups is 1. The molecule has 2 unspecified atom stereocenters. The fraction of sp³-hybridized carbons (Fsp3) is 0.611. The number of hydrogen-bond donors (Lipinski definition) is 1. The molecule has 0 spiro atoms. The van der Waals surface area contributed by atoms with Crippen molar-refractivity contribution in [2.75, 3.05) is 20.2 Å². The zero-order chi connectivity index (χ0) is 17.4. The maximum atomic E-state index is 11.6. The van der Waals surface area contributed by atoms with Gasteiger partial charge in [0.15, 0.2) is 11.5 Å². The van der Waals surface area contributed by atoms with Gasteiger partial charge in [0.25, 0.3) is 0 Å². The van der Waals surface area contributed by atoms with Crippen molar-refractivity contribution in [2.24, 2.45) is 0 Å². The van der Waals surface area contributed by atoms with Gasteiger partial charge in [0, 0.05) is 6.04 Å². The Morgan fingerprint density at radius 3 is 2.35 bits per heavy atom. The summed E-state index contributed by atoms with van der Waals surface area (Å²) in [4.78, 5) is 14.0. The number of benzene rings is 1. The van der Waals surface area contributed by atoms with E-state index in [2.05, 4.69) is 25.7 Å². The van der Waals surface area contributed by atoms with Gasteiger partial charge in [-0.3, -0.25) is 4.90 Å². The van der Waals surface area contributed by atoms with Crippen LogP contribution < -0.4 is 9.47 Å². The van der Waals surface area contributed by atoms with E-state index >= 15 is 0 Å². The van der Waals surface area contributed by atoms with E-state index in [4.69, 9.17) is 9.47 Å². The predicted molar refractivity (Wildman–Crippen MR) is 90.9 cm³/mol. The Hall–Kier alpha value is -1.59. The summed E-state index contributed by atoms with van der Waals surface area (Å²) in [6, 6.07) is 5.93. The zero-order valence-corrected chi connectivity index (χ0v) is 14.8. The van der Waals surface area contributed by atoms with Gasteiger partial charge in [-0.1, -0.05) is 33.3 Å². The molecule has 23 heavy (non-hydrogen) atoms. The number of rotatable bonds is 9. The van der Waals surface area contributed by atoms with Gasteiger partial charge in [0.05, 0.1) is 7.11 Å². The first-order valence-corrected chi connectivity index (χ1v) is 8.30. The lowest BCUT2D eigenvalue weighted by atomic mass is 10.00. The molecule has 5 nitrogen and oxygen atoms in total. The van der Waals surface area contributed by atoms with E-state index in [-0.39, 0.29) is 0 Å². The lowest BCUT2D eigenvalue weighted by molar-refractivity contribution is -0.142. The predicted octanol–water partition coefficient (Wildman–Crippen LogP) is 3.16. The number of hydrogen-bond acceptors (Lipinski definition) is 5. The van der Waals surface area contributed by atoms with Gasteiger partial charge >= 0.3 is 5.97 Å². The smallest absolute Gasteiger partial charge is 0.340 e. The Morgan fingerprint density at radius 1 is 1.22 bits per heavy atom. The molecule has 130 valence electrons. The average Bonchev–Trinajstić information content (AvgIpc) is 2.55. The summed E-state index contributed by atoms with van der Waals surface area (Å²) in [5.74, 6) is 0.145. The lowest BCUT2D eigenvalue weighted by Gasteiger charge is -2.30. The SMILES string of the molecule is CCCC(c1ccc(OC(=O)C(C)O)c(OC)c1)N(CC)CC. The van der Waals surface area contributed by atoms with Crippen molar-refractivity contribution in [2.45, 2.75) is 52.7 Å². The Morgan fingerprint density at radius 2 is 1.87 bits per heavy atom. The summed E-state index contributed by atoms with van der Waals surface area (Å²) in [6.07, 6.45) is 0.975. The number of methoxy groups -OCH3 is 1. The quantitative estimate of drug-likeness (QED) is 0.559. The molecule has 0 aromatic heterocycles. The van der Waals surface area contributed by atoms with Crippen molar-refractivity contribution in [3.63, 3.8) is 0 Å². The normalized spacial score (nSPS) is 13.7. The van der Waals surface area contributed by atoms with Gasteiger partial charge in [-0.05, 0) is 44.1 Å². The van der Waals surface area contributed by atoms with Crippen LogP contribution >= 0.6 is 0 Å². The van der Waals surface area contributed by atoms with Crippen LogP contribution in [0.15, 0.2) is 18.2 Å². The summed E-state index contributed by atoms with van der Waals surface area (Å²) in [5.41, 5.74) is 1.14. The first-order chi connectivity index (χ1) is 11.0. The first-order valence-electron chi connectivity index (χ1n) is 8.30. The number of esters is 1. The Kier molecular flexibility index (Phi) is 8.06. The van der Waals surface area contributed by atoms with Crippen LogP contribution in [-0.2, 0) is 4.79 Å². The van der Waals surface area contributed by atoms with Crippen molar-refractivity contribution in [1.82, 2.24) is 4.90 Å². The minimum atomic E-state index is -1.16. The van der Waals surface area contributed by atoms with Crippen molar-refractivity contribution in [3.05, 3.63) is 23.8 Å². The maximum absolute atomic E-state index is 11.6. The maximum Gasteiger partial charge on any atom is 0.340 e. The number of aliphatic hydroxyl groups excluding tert-OH is 1. The van der Waals surface area contributed by atoms with Gasteiger partial charge in [0.2, 0.25) is 0 Å². The molecule has 1 rings (SSSR count). The second kappa shape index (κ2) is 9.53. The van der Waals surface area contributed by atoms with E-state index in [1.807, 2.05) is 12.1 Å². The number of carbonyl (C=O) groups excluding carboxylic acids is 1. The van der Waals surface area contributed by atoms with Crippen LogP contribution in [0.1, 0.15) is 52.1 Å². The highest BCUT2D eigenvalue weighted by Crippen LogP contribution is 2.34. The third-order valence-electron chi connectivity index (χ3n) is 3.94. The van der Waals surface area contributed by atoms with Gasteiger partial charge in [0.1, 0.15) is 6.10 Å². The van der Waals surface area contributed by atoms with Crippen molar-refractivity contribution < 1.29 is 19.4 Å². The van der Waals surface area contributed by atoms with Crippen LogP contribution in [0.3, 0.4) is 0 Å². The van der Waals surface area contributed by atoms with E-state index in [0.29, 0.717) is 17.5 Å². The van der Waals surface area contributed by atoms with Gasteiger partial charge in [-0.2, -0.15) is 0 Å². The molecule has 0 saturated heterocycles. The summed E-state index contributed by atoms with van der Waals surface area (Å²) < 4.78 is 10.5. The lowest BCUT2D eigenvalue weighted by Crippen LogP contribution is -2.28. The van der Waals surface area contributed by atoms with Gasteiger partial charge in [-0.15, -0.1) is 0 Å². The molecule has 0 saturated carbocycles. The van der Waals surface area contributed by atoms with Gasteiger partial charge in [-0.25, -0.2) is 4.79 Å². The minimum absolute atomic E-state index is 0.311. The highest BCUT2D eigenvalue weighted by Gasteiger charge is 2.20. The molecule has 1 N–H and O–H groups in total. The molecule has 0 heterocycles. The first kappa shape index (κ1) is 19.5. The molecule has 2 atom stereocenters. The van der Waals surface area contributed by atoms with Crippen LogP contribution in [0.4, 0.5) is 0 Å². The second-order valence-electron chi connectivity index (χ2n) is 5.53. The number of carbonyl (C=O) groups is 1. The molecule has 1 aromatic rings. The monoisotopic (exact) mass is 323 g/mol. The molecule has 5 heteroatoms. The summed E-state index contributed by atoms with van der Waals surface area (Å²) >= 11 is 0. The third kappa shape index (κ3) is 5.22. The van der Waals surface area contributed by atoms with Crippen LogP contribution in [-0.4, -0.2) is 42.3 Å². The van der Waals surface area contributed by atoms with E-state index in [1.54, 1.807) is 13.2 Å². The van der Waals surface area contributed by atoms with E-state index in [0.717, 1.165) is 31.5 Å². The Balaban J connectivity index is 3.10. The largest absolute Gasteiger partial charge is 0.493 e. The number of ether oxygens (including phenoxy) is 2. The molecule has 0 aliphatic carbocycles. The van der Waals surface area contributed by atoms with E-state index in [1.165, 1.54) is 6.92 Å². The Labute approximate surface area is 139 Å². The van der Waals surface area contributed by atoms with Crippen LogP contribution in [0, 0.1) is 0 Å². The average molecular weight is 323 g/mol. The van der Waals surface area contributed by atoms with Crippen molar-refractivity contribution in [1.29, 1.82) is 0 Å². The molecular formula is C18H29NO4. The summed E-state index contributed by atoms with van der Waals surface area (Å²) in [7, 11) is 1.55. The van der Waals surface area contributed by atoms with Crippen molar-refractivity contribution in [3.8, 4) is 11.5 Å². The summed E-state index contributed by atoms with van der Waals surface area (Å²) in [5, 5.41) is 9.27. The van der Waals surface area contributed by atoms with Crippen molar-refractivity contribution >= 4 is 5.97 Å². The fourth-order valence-corrected chi connectivity index (χ4v) is 2.67. The zero-order valence-electron chi connectivity index (χ0n) is 14.8. The van der Waals surface area contributed by atoms with Crippen LogP contribution in [0.2, 0.25) is 0 Å². The molecular weight excluding hydrogens is 294 g/mol. The molecule has 0 amide bonds. The number of nitrogens with zero attached hydrogens (tertiary/aromatic N) is 1. The molecule has 0 bridgehead atoms. The van der Waals surface area contributed by atoms with Crippen LogP contribution in [0.25, 0.3) is 0 Å². The summed E-state index contributed by atoms with van der Waals surface area (Å²) in [6.45, 7) is 9.81. The minimum Gasteiger partial charge on any atom is -0.493 e. The standard InChI is InChI=1S/C18H29NO4/c1-6-9-15(19(7-2)8-3)14-10-11-16(17(12-14)22-5)23-18(21)13(4)20/h10-13,15,20H,6-9H2,1-5H3. The molecule has 0 fully saturated rings. The second-order valence-corrected chi connectivity index (χ2v) is 5.53. The third-order valence-corrected chi connectivity index (χ3v) is 3.94. The van der Waals surface area contributed by atoms with Crippen LogP contribution in [0.5, 0.6) is 11.5 Å². The highest BCUT2D eigenvalue weighted by molar-refractivity contribution is 5.77.